The number of nitrogens with two attached hydrogens (primary N) is 1. The third kappa shape index (κ3) is 3.65. The van der Waals surface area contributed by atoms with Crippen LogP contribution in [0.25, 0.3) is 0 Å². The minimum atomic E-state index is 0.00282. The van der Waals surface area contributed by atoms with Crippen LogP contribution in [0, 0.1) is 5.92 Å². The molecule has 1 aromatic rings. The van der Waals surface area contributed by atoms with Crippen LogP contribution in [0.2, 0.25) is 5.02 Å². The molecule has 0 heterocycles. The Morgan fingerprint density at radius 1 is 1.26 bits per heavy atom. The number of rotatable bonds is 3. The van der Waals surface area contributed by atoms with Crippen molar-refractivity contribution in [2.45, 2.75) is 44.6 Å². The summed E-state index contributed by atoms with van der Waals surface area (Å²) in [7, 11) is 1.68. The molecule has 0 bridgehead atoms. The molecule has 19 heavy (non-hydrogen) atoms. The van der Waals surface area contributed by atoms with Gasteiger partial charge >= 0.3 is 0 Å². The molecule has 0 saturated heterocycles. The highest BCUT2D eigenvalue weighted by Gasteiger charge is 2.24. The molecule has 2 rings (SSSR count). The third-order valence-corrected chi connectivity index (χ3v) is 4.82. The number of hydrogen-bond donors (Lipinski definition) is 1. The lowest BCUT2D eigenvalue weighted by Crippen LogP contribution is -2.22. The van der Waals surface area contributed by atoms with Gasteiger partial charge in [-0.3, -0.25) is 0 Å². The lowest BCUT2D eigenvalue weighted by atomic mass is 9.87. The predicted molar refractivity (Wildman–Crippen MR) is 83.8 cm³/mol. The Kier molecular flexibility index (Phi) is 5.55. The van der Waals surface area contributed by atoms with E-state index in [0.717, 1.165) is 15.8 Å². The van der Waals surface area contributed by atoms with Gasteiger partial charge in [0, 0.05) is 16.6 Å². The molecule has 2 N–H and O–H groups in total. The Morgan fingerprint density at radius 2 is 1.89 bits per heavy atom. The monoisotopic (exact) mass is 345 g/mol. The summed E-state index contributed by atoms with van der Waals surface area (Å²) in [6.45, 7) is 0. The van der Waals surface area contributed by atoms with Crippen LogP contribution in [-0.4, -0.2) is 7.11 Å². The highest BCUT2D eigenvalue weighted by atomic mass is 79.9. The first kappa shape index (κ1) is 15.1. The Bertz CT molecular complexity index is 430. The standard InChI is InChI=1S/C15H21BrClNO/c1-19-15-12(8-11(17)9-13(15)16)14(18)10-6-4-2-3-5-7-10/h8-10,14H,2-7,18H2,1H3. The van der Waals surface area contributed by atoms with E-state index in [1.165, 1.54) is 38.5 Å². The van der Waals surface area contributed by atoms with Crippen LogP contribution in [0.4, 0.5) is 0 Å². The number of halogens is 2. The molecule has 0 amide bonds. The fraction of sp³-hybridized carbons (Fsp3) is 0.600. The smallest absolute Gasteiger partial charge is 0.137 e. The van der Waals surface area contributed by atoms with E-state index in [9.17, 15) is 0 Å². The number of methoxy groups -OCH3 is 1. The zero-order valence-corrected chi connectivity index (χ0v) is 13.6. The van der Waals surface area contributed by atoms with Gasteiger partial charge in [-0.2, -0.15) is 0 Å². The predicted octanol–water partition coefficient (Wildman–Crippen LogP) is 5.08. The highest BCUT2D eigenvalue weighted by molar-refractivity contribution is 9.10. The molecular weight excluding hydrogens is 326 g/mol. The molecule has 1 aromatic carbocycles. The van der Waals surface area contributed by atoms with E-state index < -0.39 is 0 Å². The SMILES string of the molecule is COc1c(Br)cc(Cl)cc1C(N)C1CCCCCC1. The molecule has 1 unspecified atom stereocenters. The van der Waals surface area contributed by atoms with Crippen LogP contribution in [0.5, 0.6) is 5.75 Å². The van der Waals surface area contributed by atoms with Gasteiger partial charge in [0.1, 0.15) is 5.75 Å². The van der Waals surface area contributed by atoms with E-state index >= 15 is 0 Å². The summed E-state index contributed by atoms with van der Waals surface area (Å²) >= 11 is 9.65. The van der Waals surface area contributed by atoms with Crippen molar-refractivity contribution in [1.29, 1.82) is 0 Å². The van der Waals surface area contributed by atoms with Gasteiger partial charge in [-0.1, -0.05) is 37.3 Å². The van der Waals surface area contributed by atoms with Gasteiger partial charge in [0.15, 0.2) is 0 Å². The Morgan fingerprint density at radius 3 is 2.47 bits per heavy atom. The molecule has 1 aliphatic carbocycles. The molecule has 1 fully saturated rings. The van der Waals surface area contributed by atoms with Crippen LogP contribution in [-0.2, 0) is 0 Å². The van der Waals surface area contributed by atoms with E-state index in [1.54, 1.807) is 7.11 Å². The van der Waals surface area contributed by atoms with E-state index in [-0.39, 0.29) is 6.04 Å². The highest BCUT2D eigenvalue weighted by Crippen LogP contribution is 2.40. The van der Waals surface area contributed by atoms with E-state index in [4.69, 9.17) is 22.1 Å². The molecule has 4 heteroatoms. The zero-order chi connectivity index (χ0) is 13.8. The molecule has 1 aliphatic rings. The van der Waals surface area contributed by atoms with Gasteiger partial charge in [0.05, 0.1) is 11.6 Å². The van der Waals surface area contributed by atoms with Crippen molar-refractivity contribution >= 4 is 27.5 Å². The lowest BCUT2D eigenvalue weighted by molar-refractivity contribution is 0.357. The van der Waals surface area contributed by atoms with Gasteiger partial charge in [0.25, 0.3) is 0 Å². The van der Waals surface area contributed by atoms with E-state index in [0.29, 0.717) is 10.9 Å². The maximum Gasteiger partial charge on any atom is 0.137 e. The van der Waals surface area contributed by atoms with Gasteiger partial charge in [-0.15, -0.1) is 0 Å². The summed E-state index contributed by atoms with van der Waals surface area (Å²) in [6, 6.07) is 3.80. The topological polar surface area (TPSA) is 35.2 Å². The van der Waals surface area contributed by atoms with Crippen molar-refractivity contribution < 1.29 is 4.74 Å². The Labute approximate surface area is 128 Å². The molecule has 0 spiro atoms. The summed E-state index contributed by atoms with van der Waals surface area (Å²) in [6.07, 6.45) is 7.63. The first-order valence-electron chi connectivity index (χ1n) is 6.92. The molecule has 1 atom stereocenters. The van der Waals surface area contributed by atoms with Crippen molar-refractivity contribution in [2.75, 3.05) is 7.11 Å². The van der Waals surface area contributed by atoms with E-state index in [1.807, 2.05) is 12.1 Å². The minimum absolute atomic E-state index is 0.00282. The third-order valence-electron chi connectivity index (χ3n) is 4.01. The summed E-state index contributed by atoms with van der Waals surface area (Å²) in [4.78, 5) is 0. The van der Waals surface area contributed by atoms with Crippen molar-refractivity contribution in [3.05, 3.63) is 27.2 Å². The maximum absolute atomic E-state index is 6.49. The fourth-order valence-corrected chi connectivity index (χ4v) is 3.96. The van der Waals surface area contributed by atoms with Gasteiger partial charge in [-0.05, 0) is 46.8 Å². The Balaban J connectivity index is 2.28. The van der Waals surface area contributed by atoms with Crippen LogP contribution < -0.4 is 10.5 Å². The van der Waals surface area contributed by atoms with Crippen molar-refractivity contribution in [3.63, 3.8) is 0 Å². The van der Waals surface area contributed by atoms with Gasteiger partial charge in [-0.25, -0.2) is 0 Å². The normalized spacial score (nSPS) is 18.9. The van der Waals surface area contributed by atoms with Gasteiger partial charge in [0.2, 0.25) is 0 Å². The first-order valence-corrected chi connectivity index (χ1v) is 8.09. The molecule has 1 saturated carbocycles. The number of ether oxygens (including phenoxy) is 1. The average Bonchev–Trinajstić information content (AvgIpc) is 2.66. The second-order valence-electron chi connectivity index (χ2n) is 5.29. The Hall–Kier alpha value is -0.250. The zero-order valence-electron chi connectivity index (χ0n) is 11.3. The quantitative estimate of drug-likeness (QED) is 0.774. The van der Waals surface area contributed by atoms with Crippen molar-refractivity contribution in [2.24, 2.45) is 11.7 Å². The lowest BCUT2D eigenvalue weighted by Gasteiger charge is -2.25. The summed E-state index contributed by atoms with van der Waals surface area (Å²) in [5.41, 5.74) is 7.52. The van der Waals surface area contributed by atoms with Gasteiger partial charge < -0.3 is 10.5 Å². The van der Waals surface area contributed by atoms with E-state index in [2.05, 4.69) is 15.9 Å². The van der Waals surface area contributed by atoms with Crippen LogP contribution in [0.15, 0.2) is 16.6 Å². The molecule has 0 radical (unpaired) electrons. The summed E-state index contributed by atoms with van der Waals surface area (Å²) in [5.74, 6) is 1.35. The van der Waals surface area contributed by atoms with Crippen molar-refractivity contribution in [3.8, 4) is 5.75 Å². The largest absolute Gasteiger partial charge is 0.495 e. The molecular formula is C15H21BrClNO. The van der Waals surface area contributed by atoms with Crippen LogP contribution >= 0.6 is 27.5 Å². The summed E-state index contributed by atoms with van der Waals surface area (Å²) < 4.78 is 6.37. The maximum atomic E-state index is 6.49. The van der Waals surface area contributed by atoms with Crippen LogP contribution in [0.3, 0.4) is 0 Å². The second kappa shape index (κ2) is 6.96. The van der Waals surface area contributed by atoms with Crippen molar-refractivity contribution in [1.82, 2.24) is 0 Å². The molecule has 0 aliphatic heterocycles. The summed E-state index contributed by atoms with van der Waals surface area (Å²) in [5, 5.41) is 0.701. The average molecular weight is 347 g/mol. The second-order valence-corrected chi connectivity index (χ2v) is 6.58. The van der Waals surface area contributed by atoms with Crippen LogP contribution in [0.1, 0.15) is 50.1 Å². The number of hydrogen-bond acceptors (Lipinski definition) is 2. The molecule has 2 nitrogen and oxygen atoms in total. The fourth-order valence-electron chi connectivity index (χ4n) is 2.97. The number of benzene rings is 1. The minimum Gasteiger partial charge on any atom is -0.495 e. The first-order chi connectivity index (χ1) is 9.13. The molecule has 106 valence electrons. The molecule has 0 aromatic heterocycles.